The molecule has 2 aromatic rings. The predicted octanol–water partition coefficient (Wildman–Crippen LogP) is 6.66. The molecule has 0 fully saturated rings. The van der Waals surface area contributed by atoms with Crippen LogP contribution < -0.4 is 0 Å². The molecular weight excluding hydrogens is 306 g/mol. The fourth-order valence-electron chi connectivity index (χ4n) is 3.34. The van der Waals surface area contributed by atoms with E-state index in [1.165, 1.54) is 29.7 Å². The van der Waals surface area contributed by atoms with E-state index in [1.807, 2.05) is 0 Å². The predicted molar refractivity (Wildman–Crippen MR) is 108 cm³/mol. The third-order valence-corrected chi connectivity index (χ3v) is 5.34. The topological polar surface area (TPSA) is 22.8 Å². The lowest BCUT2D eigenvalue weighted by Gasteiger charge is -2.18. The number of nitrogens with zero attached hydrogens (tertiary/aromatic N) is 3. The number of aromatic nitrogens is 3. The highest BCUT2D eigenvalue weighted by Crippen LogP contribution is 2.31. The van der Waals surface area contributed by atoms with Crippen LogP contribution in [0.4, 0.5) is 0 Å². The Hall–Kier alpha value is -1.51. The van der Waals surface area contributed by atoms with Crippen molar-refractivity contribution in [1.29, 1.82) is 0 Å². The van der Waals surface area contributed by atoms with E-state index in [0.717, 1.165) is 0 Å². The van der Waals surface area contributed by atoms with Crippen molar-refractivity contribution in [3.05, 3.63) is 41.5 Å². The highest BCUT2D eigenvalue weighted by atomic mass is 15.3. The average molecular weight is 344 g/mol. The van der Waals surface area contributed by atoms with Gasteiger partial charge in [0, 0.05) is 36.6 Å². The molecular formula is C22H37N3. The average Bonchev–Trinajstić information content (AvgIpc) is 3.18. The molecule has 0 aliphatic carbocycles. The van der Waals surface area contributed by atoms with Gasteiger partial charge in [0.05, 0.1) is 5.69 Å². The summed E-state index contributed by atoms with van der Waals surface area (Å²) in [4.78, 5) is 0. The summed E-state index contributed by atoms with van der Waals surface area (Å²) in [6, 6.07) is 3.21. The minimum absolute atomic E-state index is 0.423. The maximum atomic E-state index is 4.92. The number of hydrogen-bond acceptors (Lipinski definition) is 1. The molecule has 2 aromatic heterocycles. The van der Waals surface area contributed by atoms with E-state index in [-0.39, 0.29) is 0 Å². The van der Waals surface area contributed by atoms with E-state index >= 15 is 0 Å². The van der Waals surface area contributed by atoms with Crippen LogP contribution in [0.15, 0.2) is 24.7 Å². The van der Waals surface area contributed by atoms with Gasteiger partial charge in [-0.1, -0.05) is 34.6 Å². The van der Waals surface area contributed by atoms with E-state index in [0.29, 0.717) is 29.8 Å². The molecule has 0 bridgehead atoms. The third-order valence-electron chi connectivity index (χ3n) is 5.34. The van der Waals surface area contributed by atoms with E-state index in [1.54, 1.807) is 0 Å². The molecule has 0 N–H and O–H groups in total. The second-order valence-electron chi connectivity index (χ2n) is 8.57. The molecule has 3 heteroatoms. The van der Waals surface area contributed by atoms with Crippen LogP contribution in [0.5, 0.6) is 0 Å². The Kier molecular flexibility index (Phi) is 6.53. The van der Waals surface area contributed by atoms with Gasteiger partial charge in [0.25, 0.3) is 0 Å². The van der Waals surface area contributed by atoms with Crippen molar-refractivity contribution in [3.8, 4) is 0 Å². The molecule has 0 aliphatic rings. The lowest BCUT2D eigenvalue weighted by atomic mass is 9.92. The first-order valence-corrected chi connectivity index (χ1v) is 9.97. The van der Waals surface area contributed by atoms with Crippen LogP contribution >= 0.6 is 0 Å². The van der Waals surface area contributed by atoms with E-state index in [2.05, 4.69) is 89.3 Å². The van der Waals surface area contributed by atoms with Crippen LogP contribution in [0.1, 0.15) is 115 Å². The van der Waals surface area contributed by atoms with Gasteiger partial charge < -0.3 is 4.57 Å². The summed E-state index contributed by atoms with van der Waals surface area (Å²) in [5, 5.41) is 4.92. The van der Waals surface area contributed by atoms with E-state index in [9.17, 15) is 0 Å². The van der Waals surface area contributed by atoms with Crippen molar-refractivity contribution >= 4 is 0 Å². The summed E-state index contributed by atoms with van der Waals surface area (Å²) in [5.74, 6) is 1.63. The molecule has 3 nitrogen and oxygen atoms in total. The van der Waals surface area contributed by atoms with Crippen LogP contribution in [0.2, 0.25) is 0 Å². The van der Waals surface area contributed by atoms with Gasteiger partial charge in [-0.05, 0) is 62.6 Å². The van der Waals surface area contributed by atoms with Crippen molar-refractivity contribution < 1.29 is 0 Å². The van der Waals surface area contributed by atoms with Crippen LogP contribution in [0.3, 0.4) is 0 Å². The minimum Gasteiger partial charge on any atom is -0.351 e. The Morgan fingerprint density at radius 2 is 1.56 bits per heavy atom. The number of rotatable bonds is 8. The van der Waals surface area contributed by atoms with Crippen molar-refractivity contribution in [2.24, 2.45) is 0 Å². The van der Waals surface area contributed by atoms with Crippen molar-refractivity contribution in [2.75, 3.05) is 0 Å². The smallest absolute Gasteiger partial charge is 0.0687 e. The Bertz CT molecular complexity index is 661. The van der Waals surface area contributed by atoms with Gasteiger partial charge in [-0.25, -0.2) is 0 Å². The highest BCUT2D eigenvalue weighted by molar-refractivity contribution is 5.24. The normalized spacial score (nSPS) is 14.7. The maximum Gasteiger partial charge on any atom is 0.0687 e. The fraction of sp³-hybridized carbons (Fsp3) is 0.682. The lowest BCUT2D eigenvalue weighted by Crippen LogP contribution is -2.07. The van der Waals surface area contributed by atoms with Crippen LogP contribution in [-0.4, -0.2) is 14.3 Å². The first-order valence-electron chi connectivity index (χ1n) is 9.97. The summed E-state index contributed by atoms with van der Waals surface area (Å²) in [6.07, 6.45) is 9.15. The molecule has 25 heavy (non-hydrogen) atoms. The Morgan fingerprint density at radius 1 is 0.880 bits per heavy atom. The zero-order chi connectivity index (χ0) is 18.7. The second kappa shape index (κ2) is 8.25. The highest BCUT2D eigenvalue weighted by Gasteiger charge is 2.20. The number of hydrogen-bond donors (Lipinski definition) is 0. The van der Waals surface area contributed by atoms with Gasteiger partial charge in [-0.3, -0.25) is 4.68 Å². The van der Waals surface area contributed by atoms with Crippen molar-refractivity contribution in [2.45, 2.75) is 98.1 Å². The molecule has 2 atom stereocenters. The standard InChI is InChI=1S/C22H37N3/c1-15(2)20-11-12-24(13-20)19(8)10-9-18(7)22-21(16(3)4)14-25(23-22)17(5)6/h11-19H,9-10H2,1-8H3. The van der Waals surface area contributed by atoms with E-state index in [4.69, 9.17) is 5.10 Å². The zero-order valence-corrected chi connectivity index (χ0v) is 17.5. The van der Waals surface area contributed by atoms with Gasteiger partial charge in [-0.15, -0.1) is 0 Å². The minimum atomic E-state index is 0.423. The largest absolute Gasteiger partial charge is 0.351 e. The van der Waals surface area contributed by atoms with Crippen LogP contribution in [-0.2, 0) is 0 Å². The summed E-state index contributed by atoms with van der Waals surface area (Å²) in [6.45, 7) is 18.1. The molecule has 140 valence electrons. The molecule has 0 spiro atoms. The monoisotopic (exact) mass is 343 g/mol. The Balaban J connectivity index is 2.05. The molecule has 2 heterocycles. The SMILES string of the molecule is CC(C)c1ccn(C(C)CCC(C)c2nn(C(C)C)cc2C(C)C)c1. The summed E-state index contributed by atoms with van der Waals surface area (Å²) >= 11 is 0. The molecule has 0 aromatic carbocycles. The third kappa shape index (κ3) is 4.77. The van der Waals surface area contributed by atoms with Gasteiger partial charge in [0.1, 0.15) is 0 Å². The summed E-state index contributed by atoms with van der Waals surface area (Å²) in [7, 11) is 0. The van der Waals surface area contributed by atoms with E-state index < -0.39 is 0 Å². The zero-order valence-electron chi connectivity index (χ0n) is 17.5. The molecule has 0 amide bonds. The lowest BCUT2D eigenvalue weighted by molar-refractivity contribution is 0.456. The van der Waals surface area contributed by atoms with Crippen molar-refractivity contribution in [1.82, 2.24) is 14.3 Å². The fourth-order valence-corrected chi connectivity index (χ4v) is 3.34. The van der Waals surface area contributed by atoms with Gasteiger partial charge in [0.15, 0.2) is 0 Å². The molecule has 0 saturated carbocycles. The Labute approximate surface area is 154 Å². The molecule has 0 aliphatic heterocycles. The van der Waals surface area contributed by atoms with Crippen LogP contribution in [0.25, 0.3) is 0 Å². The first kappa shape index (κ1) is 19.8. The second-order valence-corrected chi connectivity index (χ2v) is 8.57. The molecule has 2 unspecified atom stereocenters. The van der Waals surface area contributed by atoms with Crippen LogP contribution in [0, 0.1) is 0 Å². The summed E-state index contributed by atoms with van der Waals surface area (Å²) < 4.78 is 4.50. The first-order chi connectivity index (χ1) is 11.7. The van der Waals surface area contributed by atoms with Crippen molar-refractivity contribution in [3.63, 3.8) is 0 Å². The summed E-state index contributed by atoms with van der Waals surface area (Å²) in [5.41, 5.74) is 4.14. The van der Waals surface area contributed by atoms with Gasteiger partial charge in [0.2, 0.25) is 0 Å². The van der Waals surface area contributed by atoms with Gasteiger partial charge >= 0.3 is 0 Å². The molecule has 2 rings (SSSR count). The Morgan fingerprint density at radius 3 is 2.08 bits per heavy atom. The van der Waals surface area contributed by atoms with Gasteiger partial charge in [-0.2, -0.15) is 5.10 Å². The maximum absolute atomic E-state index is 4.92. The quantitative estimate of drug-likeness (QED) is 0.525. The molecule has 0 radical (unpaired) electrons. The molecule has 0 saturated heterocycles.